The predicted octanol–water partition coefficient (Wildman–Crippen LogP) is 2.71. The minimum atomic E-state index is -4.21. The largest absolute Gasteiger partial charge is 0.481 e. The molecule has 0 aromatic carbocycles. The summed E-state index contributed by atoms with van der Waals surface area (Å²) >= 11 is 0. The molecule has 28 heavy (non-hydrogen) atoms. The van der Waals surface area contributed by atoms with Crippen molar-refractivity contribution in [2.45, 2.75) is 57.0 Å². The van der Waals surface area contributed by atoms with Gasteiger partial charge in [0.05, 0.1) is 19.1 Å². The number of carbonyl (C=O) groups is 1. The lowest BCUT2D eigenvalue weighted by Gasteiger charge is -2.30. The molecule has 1 saturated carbocycles. The topological polar surface area (TPSA) is 72.5 Å². The Labute approximate surface area is 160 Å². The fourth-order valence-corrected chi connectivity index (χ4v) is 3.36. The molecule has 1 aromatic heterocycles. The molecule has 1 aliphatic heterocycles. The van der Waals surface area contributed by atoms with E-state index in [9.17, 15) is 22.4 Å². The van der Waals surface area contributed by atoms with Gasteiger partial charge in [0, 0.05) is 12.1 Å². The standard InChI is InChI=1S/C18H23F4N3O3/c1-27-16-10(9-24-15(26)14-6-7-23-14)8-13(19)17(25-16)28-12-4-2-11(3-5-12)18(20,21)22/h8,11-12,14,23H,2-7,9H2,1H3,(H,24,26). The minimum Gasteiger partial charge on any atom is -0.481 e. The number of amides is 1. The van der Waals surface area contributed by atoms with Crippen molar-refractivity contribution in [1.29, 1.82) is 0 Å². The van der Waals surface area contributed by atoms with Crippen molar-refractivity contribution < 1.29 is 31.8 Å². The van der Waals surface area contributed by atoms with Crippen molar-refractivity contribution in [2.24, 2.45) is 5.92 Å². The van der Waals surface area contributed by atoms with Crippen LogP contribution in [0.4, 0.5) is 17.6 Å². The quantitative estimate of drug-likeness (QED) is 0.712. The highest BCUT2D eigenvalue weighted by molar-refractivity contribution is 5.82. The van der Waals surface area contributed by atoms with E-state index in [0.29, 0.717) is 5.56 Å². The molecule has 0 bridgehead atoms. The Morgan fingerprint density at radius 2 is 1.93 bits per heavy atom. The lowest BCUT2D eigenvalue weighted by molar-refractivity contribution is -0.185. The van der Waals surface area contributed by atoms with E-state index in [-0.39, 0.29) is 55.9 Å². The van der Waals surface area contributed by atoms with Crippen molar-refractivity contribution in [3.63, 3.8) is 0 Å². The van der Waals surface area contributed by atoms with Crippen LogP contribution < -0.4 is 20.1 Å². The number of aromatic nitrogens is 1. The Morgan fingerprint density at radius 3 is 2.46 bits per heavy atom. The van der Waals surface area contributed by atoms with E-state index in [0.717, 1.165) is 19.0 Å². The van der Waals surface area contributed by atoms with Crippen LogP contribution in [0.3, 0.4) is 0 Å². The average molecular weight is 405 g/mol. The molecule has 1 amide bonds. The van der Waals surface area contributed by atoms with Gasteiger partial charge in [-0.1, -0.05) is 0 Å². The third-order valence-corrected chi connectivity index (χ3v) is 5.19. The van der Waals surface area contributed by atoms with E-state index < -0.39 is 24.0 Å². The second kappa shape index (κ2) is 8.50. The number of ether oxygens (including phenoxy) is 2. The van der Waals surface area contributed by atoms with Crippen LogP contribution in [0.25, 0.3) is 0 Å². The van der Waals surface area contributed by atoms with E-state index in [4.69, 9.17) is 9.47 Å². The maximum Gasteiger partial charge on any atom is 0.391 e. The predicted molar refractivity (Wildman–Crippen MR) is 91.4 cm³/mol. The van der Waals surface area contributed by atoms with Gasteiger partial charge in [-0.3, -0.25) is 4.79 Å². The molecule has 3 rings (SSSR count). The van der Waals surface area contributed by atoms with E-state index >= 15 is 0 Å². The number of methoxy groups -OCH3 is 1. The first-order valence-electron chi connectivity index (χ1n) is 9.25. The molecule has 0 spiro atoms. The highest BCUT2D eigenvalue weighted by atomic mass is 19.4. The molecule has 1 aromatic rings. The van der Waals surface area contributed by atoms with Gasteiger partial charge in [0.15, 0.2) is 5.82 Å². The fraction of sp³-hybridized carbons (Fsp3) is 0.667. The Morgan fingerprint density at radius 1 is 1.25 bits per heavy atom. The van der Waals surface area contributed by atoms with Crippen molar-refractivity contribution in [1.82, 2.24) is 15.6 Å². The van der Waals surface area contributed by atoms with Crippen LogP contribution in [0.15, 0.2) is 6.07 Å². The lowest BCUT2D eigenvalue weighted by atomic mass is 9.87. The highest BCUT2D eigenvalue weighted by Gasteiger charge is 2.42. The molecule has 2 N–H and O–H groups in total. The van der Waals surface area contributed by atoms with Gasteiger partial charge in [-0.05, 0) is 44.7 Å². The number of rotatable bonds is 6. The van der Waals surface area contributed by atoms with Crippen LogP contribution in [0.5, 0.6) is 11.8 Å². The van der Waals surface area contributed by atoms with E-state index in [1.165, 1.54) is 7.11 Å². The average Bonchev–Trinajstić information content (AvgIpc) is 2.60. The molecular weight excluding hydrogens is 382 g/mol. The zero-order valence-electron chi connectivity index (χ0n) is 15.4. The molecular formula is C18H23F4N3O3. The first-order valence-corrected chi connectivity index (χ1v) is 9.25. The number of halogens is 4. The van der Waals surface area contributed by atoms with Gasteiger partial charge < -0.3 is 20.1 Å². The van der Waals surface area contributed by atoms with Crippen molar-refractivity contribution in [3.8, 4) is 11.8 Å². The maximum absolute atomic E-state index is 14.4. The van der Waals surface area contributed by atoms with E-state index in [1.807, 2.05) is 0 Å². The van der Waals surface area contributed by atoms with Crippen LogP contribution in [-0.2, 0) is 11.3 Å². The number of carbonyl (C=O) groups excluding carboxylic acids is 1. The molecule has 156 valence electrons. The Hall–Kier alpha value is -2.10. The third-order valence-electron chi connectivity index (χ3n) is 5.19. The first-order chi connectivity index (χ1) is 13.3. The Balaban J connectivity index is 1.60. The molecule has 6 nitrogen and oxygen atoms in total. The number of nitrogens with zero attached hydrogens (tertiary/aromatic N) is 1. The molecule has 0 radical (unpaired) electrons. The summed E-state index contributed by atoms with van der Waals surface area (Å²) in [7, 11) is 1.36. The smallest absolute Gasteiger partial charge is 0.391 e. The molecule has 1 atom stereocenters. The lowest BCUT2D eigenvalue weighted by Crippen LogP contribution is -2.52. The summed E-state index contributed by atoms with van der Waals surface area (Å²) in [6.45, 7) is 0.829. The molecule has 2 heterocycles. The number of pyridine rings is 1. The number of hydrogen-bond donors (Lipinski definition) is 2. The Bertz CT molecular complexity index is 702. The molecule has 1 saturated heterocycles. The van der Waals surface area contributed by atoms with Crippen LogP contribution >= 0.6 is 0 Å². The van der Waals surface area contributed by atoms with E-state index in [1.54, 1.807) is 0 Å². The van der Waals surface area contributed by atoms with Crippen molar-refractivity contribution in [3.05, 3.63) is 17.4 Å². The second-order valence-corrected chi connectivity index (χ2v) is 7.09. The van der Waals surface area contributed by atoms with Crippen LogP contribution in [0, 0.1) is 11.7 Å². The van der Waals surface area contributed by atoms with Gasteiger partial charge in [-0.15, -0.1) is 0 Å². The monoisotopic (exact) mass is 405 g/mol. The van der Waals surface area contributed by atoms with Crippen LogP contribution in [0.1, 0.15) is 37.7 Å². The minimum absolute atomic E-state index is 0.0427. The fourth-order valence-electron chi connectivity index (χ4n) is 3.36. The second-order valence-electron chi connectivity index (χ2n) is 7.09. The van der Waals surface area contributed by atoms with Crippen molar-refractivity contribution in [2.75, 3.05) is 13.7 Å². The maximum atomic E-state index is 14.4. The number of nitrogens with one attached hydrogen (secondary N) is 2. The normalized spacial score (nSPS) is 25.0. The van der Waals surface area contributed by atoms with Crippen LogP contribution in [0.2, 0.25) is 0 Å². The molecule has 2 fully saturated rings. The summed E-state index contributed by atoms with van der Waals surface area (Å²) in [5, 5.41) is 5.65. The summed E-state index contributed by atoms with van der Waals surface area (Å²) < 4.78 is 63.3. The third kappa shape index (κ3) is 4.84. The summed E-state index contributed by atoms with van der Waals surface area (Å²) in [6, 6.07) is 0.926. The molecule has 10 heteroatoms. The molecule has 1 unspecified atom stereocenters. The van der Waals surface area contributed by atoms with Gasteiger partial charge in [0.25, 0.3) is 5.88 Å². The highest BCUT2D eigenvalue weighted by Crippen LogP contribution is 2.38. The summed E-state index contributed by atoms with van der Waals surface area (Å²) in [6.07, 6.45) is -3.73. The SMILES string of the molecule is COc1nc(OC2CCC(C(F)(F)F)CC2)c(F)cc1CNC(=O)C1CCN1. The Kier molecular flexibility index (Phi) is 6.26. The van der Waals surface area contributed by atoms with Gasteiger partial charge in [-0.2, -0.15) is 18.2 Å². The molecule has 1 aliphatic carbocycles. The van der Waals surface area contributed by atoms with Gasteiger partial charge in [0.2, 0.25) is 11.8 Å². The summed E-state index contributed by atoms with van der Waals surface area (Å²) in [5.74, 6) is -2.47. The van der Waals surface area contributed by atoms with E-state index in [2.05, 4.69) is 15.6 Å². The summed E-state index contributed by atoms with van der Waals surface area (Å²) in [4.78, 5) is 15.9. The molecule has 2 aliphatic rings. The number of alkyl halides is 3. The summed E-state index contributed by atoms with van der Waals surface area (Å²) in [5.41, 5.74) is 0.348. The van der Waals surface area contributed by atoms with Crippen molar-refractivity contribution >= 4 is 5.91 Å². The first kappa shape index (κ1) is 20.6. The van der Waals surface area contributed by atoms with Crippen LogP contribution in [-0.4, -0.2) is 42.9 Å². The zero-order chi connectivity index (χ0) is 20.3. The van der Waals surface area contributed by atoms with Gasteiger partial charge in [0.1, 0.15) is 6.10 Å². The van der Waals surface area contributed by atoms with Gasteiger partial charge in [-0.25, -0.2) is 4.39 Å². The zero-order valence-corrected chi connectivity index (χ0v) is 15.4. The number of hydrogen-bond acceptors (Lipinski definition) is 5. The van der Waals surface area contributed by atoms with Gasteiger partial charge >= 0.3 is 6.18 Å².